The monoisotopic (exact) mass is 419 g/mol. The number of hydrogen-bond donors (Lipinski definition) is 0. The molecule has 164 valence electrons. The maximum atomic E-state index is 14.9. The Hall–Kier alpha value is -2.88. The van der Waals surface area contributed by atoms with Crippen LogP contribution in [-0.2, 0) is 0 Å². The summed E-state index contributed by atoms with van der Waals surface area (Å²) in [5.74, 6) is -0.219. The van der Waals surface area contributed by atoms with Crippen LogP contribution in [0.5, 0.6) is 0 Å². The molecule has 1 aliphatic heterocycles. The van der Waals surface area contributed by atoms with E-state index < -0.39 is 0 Å². The van der Waals surface area contributed by atoms with Gasteiger partial charge in [0.1, 0.15) is 5.82 Å². The standard InChI is InChI=1S/C25H28FN3.C2H6/c1-17-12-23(24(26)14-25(17)28-15-18(2)27-16-28)13-22-10-11-29(20(22)4)19(3)21-8-6-5-7-9-21;1-2/h5-6,8,12-16,19H,4,7,9-11H2,1-3H3;1-2H3/b22-13+;. The molecule has 0 amide bonds. The largest absolute Gasteiger partial charge is 0.365 e. The molecule has 1 aliphatic carbocycles. The van der Waals surface area contributed by atoms with Crippen LogP contribution in [0.2, 0.25) is 0 Å². The molecular formula is C27H34FN3. The van der Waals surface area contributed by atoms with Crippen LogP contribution < -0.4 is 0 Å². The molecular weight excluding hydrogens is 385 g/mol. The molecule has 1 unspecified atom stereocenters. The van der Waals surface area contributed by atoms with Crippen molar-refractivity contribution in [3.63, 3.8) is 0 Å². The lowest BCUT2D eigenvalue weighted by Gasteiger charge is -2.30. The molecule has 2 aromatic rings. The second-order valence-electron chi connectivity index (χ2n) is 8.03. The number of allylic oxidation sites excluding steroid dienone is 4. The number of halogens is 1. The zero-order valence-electron chi connectivity index (χ0n) is 19.5. The van der Waals surface area contributed by atoms with Crippen molar-refractivity contribution in [2.45, 2.75) is 59.9 Å². The van der Waals surface area contributed by atoms with Gasteiger partial charge in [-0.25, -0.2) is 9.37 Å². The highest BCUT2D eigenvalue weighted by Crippen LogP contribution is 2.34. The third kappa shape index (κ3) is 4.90. The first-order valence-corrected chi connectivity index (χ1v) is 11.3. The highest BCUT2D eigenvalue weighted by atomic mass is 19.1. The molecule has 1 atom stereocenters. The number of aryl methyl sites for hydroxylation is 2. The van der Waals surface area contributed by atoms with E-state index in [0.717, 1.165) is 54.0 Å². The van der Waals surface area contributed by atoms with Crippen molar-refractivity contribution in [1.82, 2.24) is 14.5 Å². The van der Waals surface area contributed by atoms with Crippen molar-refractivity contribution in [1.29, 1.82) is 0 Å². The summed E-state index contributed by atoms with van der Waals surface area (Å²) in [6.07, 6.45) is 15.3. The first kappa shape index (κ1) is 22.8. The SMILES string of the molecule is C=C1/C(=C/c2cc(C)c(-n3cnc(C)c3)cc2F)CCN1C(C)C1=CC=CCC1.CC. The van der Waals surface area contributed by atoms with Gasteiger partial charge >= 0.3 is 0 Å². The Morgan fingerprint density at radius 2 is 1.97 bits per heavy atom. The van der Waals surface area contributed by atoms with E-state index in [9.17, 15) is 4.39 Å². The molecule has 0 spiro atoms. The van der Waals surface area contributed by atoms with E-state index >= 15 is 0 Å². The van der Waals surface area contributed by atoms with Gasteiger partial charge in [0.2, 0.25) is 0 Å². The first-order chi connectivity index (χ1) is 14.9. The predicted molar refractivity (Wildman–Crippen MR) is 129 cm³/mol. The maximum Gasteiger partial charge on any atom is 0.132 e. The third-order valence-electron chi connectivity index (χ3n) is 6.02. The zero-order chi connectivity index (χ0) is 22.5. The average molecular weight is 420 g/mol. The Morgan fingerprint density at radius 3 is 2.61 bits per heavy atom. The van der Waals surface area contributed by atoms with Gasteiger partial charge in [0, 0.05) is 30.0 Å². The van der Waals surface area contributed by atoms with Gasteiger partial charge in [0.05, 0.1) is 17.7 Å². The number of hydrogen-bond acceptors (Lipinski definition) is 2. The zero-order valence-corrected chi connectivity index (χ0v) is 19.5. The highest BCUT2D eigenvalue weighted by molar-refractivity contribution is 5.62. The number of imidazole rings is 1. The Kier molecular flexibility index (Phi) is 7.32. The second-order valence-corrected chi connectivity index (χ2v) is 8.03. The Balaban J connectivity index is 0.00000132. The van der Waals surface area contributed by atoms with E-state index in [4.69, 9.17) is 0 Å². The summed E-state index contributed by atoms with van der Waals surface area (Å²) in [5.41, 5.74) is 6.95. The second kappa shape index (κ2) is 9.95. The smallest absolute Gasteiger partial charge is 0.132 e. The van der Waals surface area contributed by atoms with Crippen LogP contribution in [0.15, 0.2) is 66.3 Å². The van der Waals surface area contributed by atoms with Crippen molar-refractivity contribution in [2.75, 3.05) is 6.54 Å². The van der Waals surface area contributed by atoms with E-state index in [2.05, 4.69) is 41.6 Å². The van der Waals surface area contributed by atoms with Gasteiger partial charge in [0.15, 0.2) is 0 Å². The molecule has 0 radical (unpaired) electrons. The van der Waals surface area contributed by atoms with Crippen LogP contribution in [0.1, 0.15) is 56.9 Å². The lowest BCUT2D eigenvalue weighted by molar-refractivity contribution is 0.335. The molecule has 3 nitrogen and oxygen atoms in total. The summed E-state index contributed by atoms with van der Waals surface area (Å²) < 4.78 is 16.8. The van der Waals surface area contributed by atoms with Crippen LogP contribution in [0.25, 0.3) is 11.8 Å². The number of benzene rings is 1. The average Bonchev–Trinajstić information content (AvgIpc) is 3.38. The van der Waals surface area contributed by atoms with Crippen molar-refractivity contribution in [3.8, 4) is 5.69 Å². The lowest BCUT2D eigenvalue weighted by Crippen LogP contribution is -2.30. The quantitative estimate of drug-likeness (QED) is 0.536. The van der Waals surface area contributed by atoms with E-state index in [0.29, 0.717) is 11.6 Å². The molecule has 0 saturated carbocycles. The molecule has 31 heavy (non-hydrogen) atoms. The van der Waals surface area contributed by atoms with Gasteiger partial charge in [0.25, 0.3) is 0 Å². The molecule has 2 heterocycles. The van der Waals surface area contributed by atoms with Gasteiger partial charge in [-0.15, -0.1) is 0 Å². The van der Waals surface area contributed by atoms with Gasteiger partial charge in [-0.1, -0.05) is 38.7 Å². The van der Waals surface area contributed by atoms with Crippen molar-refractivity contribution < 1.29 is 4.39 Å². The fourth-order valence-electron chi connectivity index (χ4n) is 4.28. The number of nitrogens with zero attached hydrogens (tertiary/aromatic N) is 3. The molecule has 0 bridgehead atoms. The minimum absolute atomic E-state index is 0.219. The lowest BCUT2D eigenvalue weighted by atomic mass is 9.98. The van der Waals surface area contributed by atoms with Gasteiger partial charge < -0.3 is 9.47 Å². The van der Waals surface area contributed by atoms with Crippen LogP contribution in [0.3, 0.4) is 0 Å². The molecule has 4 heteroatoms. The molecule has 1 saturated heterocycles. The molecule has 1 fully saturated rings. The molecule has 4 rings (SSSR count). The van der Waals surface area contributed by atoms with Gasteiger partial charge in [-0.2, -0.15) is 0 Å². The van der Waals surface area contributed by atoms with E-state index in [-0.39, 0.29) is 5.82 Å². The van der Waals surface area contributed by atoms with Crippen molar-refractivity contribution in [2.24, 2.45) is 0 Å². The predicted octanol–water partition coefficient (Wildman–Crippen LogP) is 6.92. The fourth-order valence-corrected chi connectivity index (χ4v) is 4.28. The van der Waals surface area contributed by atoms with E-state index in [1.54, 1.807) is 12.4 Å². The normalized spacial score (nSPS) is 18.1. The summed E-state index contributed by atoms with van der Waals surface area (Å²) in [6.45, 7) is 15.4. The van der Waals surface area contributed by atoms with Gasteiger partial charge in [-0.05, 0) is 75.0 Å². The Morgan fingerprint density at radius 1 is 1.19 bits per heavy atom. The van der Waals surface area contributed by atoms with E-state index in [1.165, 1.54) is 5.57 Å². The Bertz CT molecular complexity index is 1040. The van der Waals surface area contributed by atoms with Crippen LogP contribution in [0.4, 0.5) is 4.39 Å². The molecule has 2 aliphatic rings. The summed E-state index contributed by atoms with van der Waals surface area (Å²) >= 11 is 0. The van der Waals surface area contributed by atoms with Crippen molar-refractivity contribution in [3.05, 3.63) is 88.9 Å². The number of aromatic nitrogens is 2. The minimum atomic E-state index is -0.219. The summed E-state index contributed by atoms with van der Waals surface area (Å²) in [7, 11) is 0. The Labute approximate surface area is 186 Å². The summed E-state index contributed by atoms with van der Waals surface area (Å²) in [5, 5.41) is 0. The number of rotatable bonds is 4. The molecule has 1 aromatic carbocycles. The molecule has 1 aromatic heterocycles. The molecule has 0 N–H and O–H groups in total. The first-order valence-electron chi connectivity index (χ1n) is 11.3. The maximum absolute atomic E-state index is 14.9. The van der Waals surface area contributed by atoms with Crippen LogP contribution in [-0.4, -0.2) is 27.0 Å². The van der Waals surface area contributed by atoms with Crippen LogP contribution in [0, 0.1) is 19.7 Å². The van der Waals surface area contributed by atoms with Crippen molar-refractivity contribution >= 4 is 6.08 Å². The van der Waals surface area contributed by atoms with E-state index in [1.807, 2.05) is 50.6 Å². The minimum Gasteiger partial charge on any atom is -0.365 e. The topological polar surface area (TPSA) is 21.1 Å². The summed E-state index contributed by atoms with van der Waals surface area (Å²) in [4.78, 5) is 6.60. The third-order valence-corrected chi connectivity index (χ3v) is 6.02. The fraction of sp³-hybridized carbons (Fsp3) is 0.370. The van der Waals surface area contributed by atoms with Gasteiger partial charge in [-0.3, -0.25) is 0 Å². The number of likely N-dealkylation sites (tertiary alicyclic amines) is 1. The summed E-state index contributed by atoms with van der Waals surface area (Å²) in [6, 6.07) is 3.85. The highest BCUT2D eigenvalue weighted by Gasteiger charge is 2.27. The van der Waals surface area contributed by atoms with Crippen LogP contribution >= 0.6 is 0 Å².